The van der Waals surface area contributed by atoms with Gasteiger partial charge in [-0.05, 0) is 66.2 Å². The number of benzene rings is 3. The molecular formula is C29H23Cl3N4O3. The second kappa shape index (κ2) is 12.7. The van der Waals surface area contributed by atoms with Crippen molar-refractivity contribution in [2.24, 2.45) is 5.10 Å². The van der Waals surface area contributed by atoms with Crippen molar-refractivity contribution in [1.82, 2.24) is 10.7 Å². The van der Waals surface area contributed by atoms with Crippen molar-refractivity contribution in [3.05, 3.63) is 117 Å². The van der Waals surface area contributed by atoms with Crippen molar-refractivity contribution in [3.63, 3.8) is 0 Å². The van der Waals surface area contributed by atoms with Crippen LogP contribution in [-0.4, -0.2) is 32.1 Å². The monoisotopic (exact) mass is 580 g/mol. The number of amides is 2. The lowest BCUT2D eigenvalue weighted by atomic mass is 10.1. The minimum Gasteiger partial charge on any atom is -0.455 e. The Kier molecular flexibility index (Phi) is 9.09. The fourth-order valence-corrected chi connectivity index (χ4v) is 4.10. The van der Waals surface area contributed by atoms with Gasteiger partial charge in [0.2, 0.25) is 0 Å². The summed E-state index contributed by atoms with van der Waals surface area (Å²) in [6, 6.07) is 22.5. The van der Waals surface area contributed by atoms with Crippen LogP contribution < -0.4 is 15.6 Å². The van der Waals surface area contributed by atoms with Gasteiger partial charge in [-0.3, -0.25) is 9.59 Å². The molecule has 0 saturated heterocycles. The first kappa shape index (κ1) is 28.0. The molecular weight excluding hydrogens is 559 g/mol. The molecule has 0 saturated carbocycles. The summed E-state index contributed by atoms with van der Waals surface area (Å²) in [6.45, 7) is 0. The molecule has 0 fully saturated rings. The smallest absolute Gasteiger partial charge is 0.287 e. The van der Waals surface area contributed by atoms with E-state index in [0.717, 1.165) is 5.69 Å². The minimum atomic E-state index is -0.645. The van der Waals surface area contributed by atoms with E-state index in [1.165, 1.54) is 6.21 Å². The number of carbonyl (C=O) groups is 2. The van der Waals surface area contributed by atoms with Crippen molar-refractivity contribution in [2.45, 2.75) is 0 Å². The molecule has 3 aromatic carbocycles. The lowest BCUT2D eigenvalue weighted by Crippen LogP contribution is -2.33. The average molecular weight is 582 g/mol. The van der Waals surface area contributed by atoms with E-state index in [-0.39, 0.29) is 16.3 Å². The molecule has 198 valence electrons. The predicted molar refractivity (Wildman–Crippen MR) is 158 cm³/mol. The van der Waals surface area contributed by atoms with Crippen LogP contribution in [0.4, 0.5) is 5.69 Å². The summed E-state index contributed by atoms with van der Waals surface area (Å²) < 4.78 is 5.76. The Bertz CT molecular complexity index is 1560. The van der Waals surface area contributed by atoms with Crippen LogP contribution in [0.2, 0.25) is 15.1 Å². The van der Waals surface area contributed by atoms with E-state index in [2.05, 4.69) is 15.8 Å². The van der Waals surface area contributed by atoms with E-state index in [4.69, 9.17) is 39.2 Å². The molecule has 0 bridgehead atoms. The Morgan fingerprint density at radius 3 is 2.36 bits per heavy atom. The Morgan fingerprint density at radius 2 is 1.64 bits per heavy atom. The first-order valence-electron chi connectivity index (χ1n) is 11.6. The summed E-state index contributed by atoms with van der Waals surface area (Å²) in [4.78, 5) is 27.9. The number of anilines is 1. The van der Waals surface area contributed by atoms with Crippen molar-refractivity contribution in [1.29, 1.82) is 0 Å². The second-order valence-electron chi connectivity index (χ2n) is 8.50. The topological polar surface area (TPSA) is 86.9 Å². The van der Waals surface area contributed by atoms with Crippen molar-refractivity contribution < 1.29 is 14.0 Å². The van der Waals surface area contributed by atoms with E-state index in [0.29, 0.717) is 32.7 Å². The first-order valence-corrected chi connectivity index (χ1v) is 12.8. The maximum atomic E-state index is 13.1. The highest BCUT2D eigenvalue weighted by atomic mass is 35.5. The van der Waals surface area contributed by atoms with Gasteiger partial charge < -0.3 is 14.6 Å². The Hall–Kier alpha value is -4.04. The molecule has 10 heteroatoms. The van der Waals surface area contributed by atoms with Crippen LogP contribution in [0.1, 0.15) is 21.7 Å². The zero-order chi connectivity index (χ0) is 27.9. The van der Waals surface area contributed by atoms with Gasteiger partial charge in [0.25, 0.3) is 11.8 Å². The van der Waals surface area contributed by atoms with Gasteiger partial charge in [0, 0.05) is 30.4 Å². The van der Waals surface area contributed by atoms with Gasteiger partial charge in [-0.2, -0.15) is 5.10 Å². The second-order valence-corrected chi connectivity index (χ2v) is 9.75. The fourth-order valence-electron chi connectivity index (χ4n) is 3.50. The Morgan fingerprint density at radius 1 is 0.897 bits per heavy atom. The number of hydrogen-bond donors (Lipinski definition) is 2. The van der Waals surface area contributed by atoms with Crippen molar-refractivity contribution in [2.75, 3.05) is 19.0 Å². The van der Waals surface area contributed by atoms with E-state index >= 15 is 0 Å². The summed E-state index contributed by atoms with van der Waals surface area (Å²) in [6.07, 6.45) is 2.88. The number of furan rings is 1. The molecule has 4 rings (SSSR count). The molecule has 39 heavy (non-hydrogen) atoms. The summed E-state index contributed by atoms with van der Waals surface area (Å²) >= 11 is 18.5. The van der Waals surface area contributed by atoms with E-state index in [1.807, 2.05) is 43.3 Å². The average Bonchev–Trinajstić information content (AvgIpc) is 3.38. The fraction of sp³-hybridized carbons (Fsp3) is 0.0690. The number of hydrogen-bond acceptors (Lipinski definition) is 5. The van der Waals surface area contributed by atoms with Gasteiger partial charge in [-0.25, -0.2) is 5.43 Å². The number of rotatable bonds is 8. The first-order chi connectivity index (χ1) is 18.7. The van der Waals surface area contributed by atoms with Crippen LogP contribution in [0.5, 0.6) is 0 Å². The van der Waals surface area contributed by atoms with Gasteiger partial charge in [-0.15, -0.1) is 0 Å². The molecule has 1 heterocycles. The molecule has 0 atom stereocenters. The summed E-state index contributed by atoms with van der Waals surface area (Å²) in [5.41, 5.74) is 4.93. The maximum absolute atomic E-state index is 13.1. The lowest BCUT2D eigenvalue weighted by molar-refractivity contribution is -0.117. The van der Waals surface area contributed by atoms with Gasteiger partial charge in [0.05, 0.1) is 21.8 Å². The van der Waals surface area contributed by atoms with Crippen LogP contribution in [0.3, 0.4) is 0 Å². The van der Waals surface area contributed by atoms with Gasteiger partial charge in [-0.1, -0.05) is 59.1 Å². The van der Waals surface area contributed by atoms with Crippen LogP contribution in [0, 0.1) is 0 Å². The van der Waals surface area contributed by atoms with E-state index in [1.54, 1.807) is 60.7 Å². The third-order valence-corrected chi connectivity index (χ3v) is 6.40. The molecule has 0 spiro atoms. The van der Waals surface area contributed by atoms with Gasteiger partial charge in [0.1, 0.15) is 17.2 Å². The van der Waals surface area contributed by atoms with E-state index in [9.17, 15) is 9.59 Å². The normalized spacial score (nSPS) is 11.5. The third-order valence-electron chi connectivity index (χ3n) is 5.51. The third kappa shape index (κ3) is 7.29. The van der Waals surface area contributed by atoms with E-state index < -0.39 is 11.8 Å². The largest absolute Gasteiger partial charge is 0.455 e. The maximum Gasteiger partial charge on any atom is 0.287 e. The van der Waals surface area contributed by atoms with Crippen molar-refractivity contribution >= 4 is 64.6 Å². The zero-order valence-electron chi connectivity index (χ0n) is 20.9. The summed E-state index contributed by atoms with van der Waals surface area (Å²) in [5, 5.41) is 7.88. The quantitative estimate of drug-likeness (QED) is 0.135. The number of hydrazone groups is 1. The SMILES string of the molecule is CN(C)c1ccc(/C=C(/NC(=O)c2ccccc2Cl)C(=O)N/N=C/c2ccc(-c3cc(Cl)ccc3Cl)o2)cc1. The molecule has 1 aromatic heterocycles. The standard InChI is InChI=1S/C29H23Cl3N4O3/c1-36(2)20-10-7-18(8-11-20)15-26(34-28(37)22-5-3-4-6-24(22)31)29(38)35-33-17-21-12-14-27(39-21)23-16-19(30)9-13-25(23)32/h3-17H,1-2H3,(H,34,37)(H,35,38)/b26-15+,33-17+. The number of halogens is 3. The van der Waals surface area contributed by atoms with Gasteiger partial charge >= 0.3 is 0 Å². The molecule has 2 amide bonds. The lowest BCUT2D eigenvalue weighted by Gasteiger charge is -2.13. The summed E-state index contributed by atoms with van der Waals surface area (Å²) in [5.74, 6) is -0.326. The number of carbonyl (C=O) groups excluding carboxylic acids is 2. The van der Waals surface area contributed by atoms with Crippen LogP contribution >= 0.6 is 34.8 Å². The molecule has 4 aromatic rings. The number of nitrogens with zero attached hydrogens (tertiary/aromatic N) is 2. The summed E-state index contributed by atoms with van der Waals surface area (Å²) in [7, 11) is 3.86. The molecule has 7 nitrogen and oxygen atoms in total. The van der Waals surface area contributed by atoms with Crippen LogP contribution in [0.15, 0.2) is 94.1 Å². The molecule has 2 N–H and O–H groups in total. The number of nitrogens with one attached hydrogen (secondary N) is 2. The molecule has 0 aliphatic heterocycles. The zero-order valence-corrected chi connectivity index (χ0v) is 23.2. The molecule has 0 aliphatic carbocycles. The highest BCUT2D eigenvalue weighted by Crippen LogP contribution is 2.31. The molecule has 0 radical (unpaired) electrons. The highest BCUT2D eigenvalue weighted by Gasteiger charge is 2.16. The minimum absolute atomic E-state index is 0.0273. The molecule has 0 unspecified atom stereocenters. The van der Waals surface area contributed by atoms with Gasteiger partial charge in [0.15, 0.2) is 0 Å². The Balaban J connectivity index is 1.53. The molecule has 0 aliphatic rings. The van der Waals surface area contributed by atoms with Crippen molar-refractivity contribution in [3.8, 4) is 11.3 Å². The highest BCUT2D eigenvalue weighted by molar-refractivity contribution is 6.35. The van der Waals surface area contributed by atoms with Crippen LogP contribution in [0.25, 0.3) is 17.4 Å². The Labute approximate surface area is 240 Å². The predicted octanol–water partition coefficient (Wildman–Crippen LogP) is 6.89. The van der Waals surface area contributed by atoms with Crippen LogP contribution in [-0.2, 0) is 4.79 Å².